The van der Waals surface area contributed by atoms with E-state index in [0.717, 1.165) is 5.56 Å². The number of carbonyl (C=O) groups is 1. The second kappa shape index (κ2) is 10.7. The molecule has 0 spiro atoms. The summed E-state index contributed by atoms with van der Waals surface area (Å²) >= 11 is 7.63. The molecule has 0 atom stereocenters. The number of nitrogens with zero attached hydrogens (tertiary/aromatic N) is 6. The number of halogens is 2. The van der Waals surface area contributed by atoms with Crippen LogP contribution in [0.3, 0.4) is 0 Å². The summed E-state index contributed by atoms with van der Waals surface area (Å²) in [6, 6.07) is 8.96. The third-order valence-corrected chi connectivity index (χ3v) is 8.69. The average molecular weight is 619 g/mol. The molecule has 5 aromatic rings. The van der Waals surface area contributed by atoms with Gasteiger partial charge in [0.2, 0.25) is 0 Å². The maximum Gasteiger partial charge on any atom is 0.338 e. The molecular weight excluding hydrogens is 595 g/mol. The SMILES string of the molecule is Cc1cc(-c2cc(Cl)ccc2OCCn2c(C)nc3cnc(C4(F)CN(C)C4)c(C#N)c3c2=O)c2scc(C(=O)O)c2n1. The fraction of sp³-hybridized carbons (Fsp3) is 0.267. The smallest absolute Gasteiger partial charge is 0.338 e. The summed E-state index contributed by atoms with van der Waals surface area (Å²) in [5.41, 5.74) is 0.279. The lowest BCUT2D eigenvalue weighted by molar-refractivity contribution is -0.0229. The van der Waals surface area contributed by atoms with Gasteiger partial charge in [-0.05, 0) is 45.2 Å². The molecule has 0 saturated carbocycles. The number of aromatic nitrogens is 4. The first-order valence-electron chi connectivity index (χ1n) is 13.2. The van der Waals surface area contributed by atoms with Gasteiger partial charge in [-0.2, -0.15) is 5.26 Å². The number of fused-ring (bicyclic) bond motifs is 2. The summed E-state index contributed by atoms with van der Waals surface area (Å²) < 4.78 is 23.7. The van der Waals surface area contributed by atoms with Gasteiger partial charge in [-0.1, -0.05) is 11.6 Å². The van der Waals surface area contributed by atoms with Crippen LogP contribution in [0.5, 0.6) is 5.75 Å². The molecule has 10 nitrogen and oxygen atoms in total. The van der Waals surface area contributed by atoms with Crippen LogP contribution in [-0.2, 0) is 12.2 Å². The molecule has 6 rings (SSSR count). The number of benzene rings is 1. The zero-order valence-electron chi connectivity index (χ0n) is 23.3. The highest BCUT2D eigenvalue weighted by molar-refractivity contribution is 7.18. The normalized spacial score (nSPS) is 14.5. The Kier molecular flexibility index (Phi) is 7.12. The van der Waals surface area contributed by atoms with Gasteiger partial charge in [-0.3, -0.25) is 24.2 Å². The van der Waals surface area contributed by atoms with Gasteiger partial charge in [-0.25, -0.2) is 14.2 Å². The minimum Gasteiger partial charge on any atom is -0.491 e. The van der Waals surface area contributed by atoms with Crippen LogP contribution >= 0.6 is 22.9 Å². The highest BCUT2D eigenvalue weighted by Gasteiger charge is 2.46. The standard InChI is InChI=1S/C30H24ClFN6O4S/c1-15-8-19(26-25(35-15)21(12-43-26)29(40)41)18-9-17(31)4-5-23(18)42-7-6-38-16(2)36-22-11-34-27(30(32)13-37(3)14-30)20(10-33)24(22)28(38)39/h4-5,8-9,11-12H,6-7,13-14H2,1-3H3,(H,40,41). The molecule has 0 radical (unpaired) electrons. The molecule has 1 saturated heterocycles. The molecular formula is C30H24ClFN6O4S. The number of hydrogen-bond donors (Lipinski definition) is 1. The Morgan fingerprint density at radius 3 is 2.72 bits per heavy atom. The van der Waals surface area contributed by atoms with Gasteiger partial charge < -0.3 is 9.84 Å². The molecule has 5 heterocycles. The van der Waals surface area contributed by atoms with Crippen molar-refractivity contribution in [2.45, 2.75) is 26.1 Å². The van der Waals surface area contributed by atoms with E-state index in [1.165, 1.54) is 22.1 Å². The van der Waals surface area contributed by atoms with Crippen molar-refractivity contribution >= 4 is 50.0 Å². The number of rotatable bonds is 7. The number of carboxylic acid groups (broad SMARTS) is 1. The first-order chi connectivity index (χ1) is 20.5. The van der Waals surface area contributed by atoms with Gasteiger partial charge in [0.25, 0.3) is 5.56 Å². The lowest BCUT2D eigenvalue weighted by atomic mass is 9.89. The van der Waals surface area contributed by atoms with Gasteiger partial charge in [0.1, 0.15) is 24.3 Å². The van der Waals surface area contributed by atoms with Crippen LogP contribution in [0, 0.1) is 25.2 Å². The van der Waals surface area contributed by atoms with Gasteiger partial charge >= 0.3 is 5.97 Å². The number of hydrogen-bond acceptors (Lipinski definition) is 9. The van der Waals surface area contributed by atoms with Crippen molar-refractivity contribution in [3.63, 3.8) is 0 Å². The number of aromatic carboxylic acids is 1. The van der Waals surface area contributed by atoms with Crippen LogP contribution < -0.4 is 10.3 Å². The number of likely N-dealkylation sites (N-methyl/N-ethyl adjacent to an activating group) is 1. The van der Waals surface area contributed by atoms with Crippen molar-refractivity contribution in [3.8, 4) is 22.9 Å². The predicted octanol–water partition coefficient (Wildman–Crippen LogP) is 5.10. The fourth-order valence-corrected chi connectivity index (χ4v) is 6.75. The Bertz CT molecular complexity index is 2060. The maximum absolute atomic E-state index is 15.5. The van der Waals surface area contributed by atoms with E-state index >= 15 is 4.39 Å². The van der Waals surface area contributed by atoms with E-state index in [9.17, 15) is 20.0 Å². The van der Waals surface area contributed by atoms with Crippen LogP contribution in [0.25, 0.3) is 32.2 Å². The molecule has 1 fully saturated rings. The van der Waals surface area contributed by atoms with E-state index < -0.39 is 17.2 Å². The van der Waals surface area contributed by atoms with E-state index in [-0.39, 0.29) is 54.0 Å². The zero-order valence-corrected chi connectivity index (χ0v) is 24.9. The number of alkyl halides is 1. The predicted molar refractivity (Wildman–Crippen MR) is 161 cm³/mol. The average Bonchev–Trinajstić information content (AvgIpc) is 3.37. The van der Waals surface area contributed by atoms with Crippen LogP contribution in [-0.4, -0.2) is 62.2 Å². The first kappa shape index (κ1) is 28.7. The van der Waals surface area contributed by atoms with E-state index in [2.05, 4.69) is 15.0 Å². The van der Waals surface area contributed by atoms with Crippen LogP contribution in [0.1, 0.15) is 33.1 Å². The number of thiophene rings is 1. The van der Waals surface area contributed by atoms with Crippen LogP contribution in [0.15, 0.2) is 40.6 Å². The zero-order chi connectivity index (χ0) is 30.6. The largest absolute Gasteiger partial charge is 0.491 e. The Morgan fingerprint density at radius 1 is 1.26 bits per heavy atom. The van der Waals surface area contributed by atoms with Crippen molar-refractivity contribution < 1.29 is 19.0 Å². The topological polar surface area (TPSA) is 134 Å². The highest BCUT2D eigenvalue weighted by atomic mass is 35.5. The maximum atomic E-state index is 15.5. The molecule has 0 unspecified atom stereocenters. The summed E-state index contributed by atoms with van der Waals surface area (Å²) in [6.07, 6.45) is 1.35. The van der Waals surface area contributed by atoms with E-state index in [1.54, 1.807) is 49.4 Å². The Labute approximate surface area is 253 Å². The molecule has 1 aliphatic rings. The third kappa shape index (κ3) is 4.89. The summed E-state index contributed by atoms with van der Waals surface area (Å²) in [6.45, 7) is 3.75. The monoisotopic (exact) mass is 618 g/mol. The number of likely N-dealkylation sites (tertiary alicyclic amines) is 1. The van der Waals surface area contributed by atoms with Crippen molar-refractivity contribution in [1.82, 2.24) is 24.4 Å². The molecule has 0 aliphatic carbocycles. The summed E-state index contributed by atoms with van der Waals surface area (Å²) in [7, 11) is 1.76. The van der Waals surface area contributed by atoms with Crippen molar-refractivity contribution in [3.05, 3.63) is 79.6 Å². The van der Waals surface area contributed by atoms with E-state index in [1.807, 2.05) is 12.1 Å². The third-order valence-electron chi connectivity index (χ3n) is 7.45. The number of pyridine rings is 2. The Hall–Kier alpha value is -4.44. The number of nitriles is 1. The van der Waals surface area contributed by atoms with Crippen LogP contribution in [0.4, 0.5) is 4.39 Å². The Balaban J connectivity index is 1.35. The summed E-state index contributed by atoms with van der Waals surface area (Å²) in [4.78, 5) is 40.3. The molecule has 0 amide bonds. The van der Waals surface area contributed by atoms with Crippen LogP contribution in [0.2, 0.25) is 5.02 Å². The van der Waals surface area contributed by atoms with Gasteiger partial charge in [-0.15, -0.1) is 11.3 Å². The number of aryl methyl sites for hydroxylation is 2. The molecule has 218 valence electrons. The molecule has 1 N–H and O–H groups in total. The Morgan fingerprint density at radius 2 is 2.02 bits per heavy atom. The molecule has 4 aromatic heterocycles. The molecule has 0 bridgehead atoms. The molecule has 1 aliphatic heterocycles. The number of carboxylic acids is 1. The van der Waals surface area contributed by atoms with Gasteiger partial charge in [0.15, 0.2) is 5.67 Å². The summed E-state index contributed by atoms with van der Waals surface area (Å²) in [5, 5.41) is 21.6. The van der Waals surface area contributed by atoms with E-state index in [0.29, 0.717) is 38.1 Å². The lowest BCUT2D eigenvalue weighted by Gasteiger charge is -2.41. The molecule has 43 heavy (non-hydrogen) atoms. The highest BCUT2D eigenvalue weighted by Crippen LogP contribution is 2.40. The minimum absolute atomic E-state index is 0.0263. The van der Waals surface area contributed by atoms with E-state index in [4.69, 9.17) is 16.3 Å². The fourth-order valence-electron chi connectivity index (χ4n) is 5.56. The van der Waals surface area contributed by atoms with Gasteiger partial charge in [0.05, 0.1) is 50.7 Å². The second-order valence-corrected chi connectivity index (χ2v) is 11.9. The quantitative estimate of drug-likeness (QED) is 0.264. The molecule has 13 heteroatoms. The van der Waals surface area contributed by atoms with Gasteiger partial charge in [0, 0.05) is 40.3 Å². The first-order valence-corrected chi connectivity index (χ1v) is 14.5. The lowest BCUT2D eigenvalue weighted by Crippen LogP contribution is -2.55. The number of ether oxygens (including phenoxy) is 1. The second-order valence-electron chi connectivity index (χ2n) is 10.5. The summed E-state index contributed by atoms with van der Waals surface area (Å²) in [5.74, 6) is -0.203. The minimum atomic E-state index is -1.81. The molecule has 1 aromatic carbocycles. The van der Waals surface area contributed by atoms with Crippen molar-refractivity contribution in [2.24, 2.45) is 0 Å². The van der Waals surface area contributed by atoms with Crippen molar-refractivity contribution in [1.29, 1.82) is 5.26 Å². The van der Waals surface area contributed by atoms with Crippen molar-refractivity contribution in [2.75, 3.05) is 26.7 Å².